The summed E-state index contributed by atoms with van der Waals surface area (Å²) in [4.78, 5) is 12.7. The average Bonchev–Trinajstić information content (AvgIpc) is 3.24. The molecule has 3 aromatic carbocycles. The number of nitrogens with zero attached hydrogens (tertiary/aromatic N) is 3. The molecule has 0 bridgehead atoms. The summed E-state index contributed by atoms with van der Waals surface area (Å²) in [7, 11) is 1.64. The number of aromatic nitrogens is 3. The van der Waals surface area contributed by atoms with Gasteiger partial charge in [-0.3, -0.25) is 9.36 Å². The second-order valence-electron chi connectivity index (χ2n) is 7.81. The predicted octanol–water partition coefficient (Wildman–Crippen LogP) is 5.60. The monoisotopic (exact) mass is 458 g/mol. The molecule has 4 rings (SSSR count). The summed E-state index contributed by atoms with van der Waals surface area (Å²) in [6.45, 7) is 6.03. The molecular formula is C26H26N4O2S. The van der Waals surface area contributed by atoms with Crippen molar-refractivity contribution in [2.45, 2.75) is 25.9 Å². The summed E-state index contributed by atoms with van der Waals surface area (Å²) < 4.78 is 7.26. The Kier molecular flexibility index (Phi) is 6.79. The third kappa shape index (κ3) is 5.09. The highest BCUT2D eigenvalue weighted by molar-refractivity contribution is 7.99. The summed E-state index contributed by atoms with van der Waals surface area (Å²) >= 11 is 1.36. The predicted molar refractivity (Wildman–Crippen MR) is 133 cm³/mol. The molecule has 168 valence electrons. The van der Waals surface area contributed by atoms with Gasteiger partial charge < -0.3 is 10.1 Å². The van der Waals surface area contributed by atoms with E-state index in [-0.39, 0.29) is 11.7 Å². The van der Waals surface area contributed by atoms with Gasteiger partial charge in [-0.1, -0.05) is 47.7 Å². The lowest BCUT2D eigenvalue weighted by atomic mass is 10.1. The van der Waals surface area contributed by atoms with Crippen LogP contribution in [0.3, 0.4) is 0 Å². The van der Waals surface area contributed by atoms with Crippen LogP contribution in [-0.2, 0) is 4.79 Å². The Morgan fingerprint density at radius 2 is 1.61 bits per heavy atom. The van der Waals surface area contributed by atoms with Crippen LogP contribution in [0.25, 0.3) is 17.1 Å². The Bertz CT molecular complexity index is 1240. The molecule has 1 heterocycles. The number of benzene rings is 3. The highest BCUT2D eigenvalue weighted by atomic mass is 32.2. The van der Waals surface area contributed by atoms with Crippen molar-refractivity contribution < 1.29 is 9.53 Å². The largest absolute Gasteiger partial charge is 0.497 e. The van der Waals surface area contributed by atoms with Crippen LogP contribution >= 0.6 is 11.8 Å². The van der Waals surface area contributed by atoms with E-state index >= 15 is 0 Å². The maximum atomic E-state index is 12.7. The topological polar surface area (TPSA) is 69.0 Å². The smallest absolute Gasteiger partial charge is 0.234 e. The number of para-hydroxylation sites is 1. The number of carbonyl (C=O) groups excluding carboxylic acids is 1. The zero-order chi connectivity index (χ0) is 23.4. The van der Waals surface area contributed by atoms with Crippen LogP contribution in [-0.4, -0.2) is 33.5 Å². The van der Waals surface area contributed by atoms with Gasteiger partial charge in [0.05, 0.1) is 12.9 Å². The number of thioether (sulfide) groups is 1. The lowest BCUT2D eigenvalue weighted by Gasteiger charge is -2.12. The Morgan fingerprint density at radius 3 is 2.24 bits per heavy atom. The zero-order valence-corrected chi connectivity index (χ0v) is 19.9. The van der Waals surface area contributed by atoms with E-state index in [1.807, 2.05) is 79.9 Å². The molecule has 0 aliphatic heterocycles. The first kappa shape index (κ1) is 22.6. The lowest BCUT2D eigenvalue weighted by molar-refractivity contribution is -0.113. The highest BCUT2D eigenvalue weighted by Crippen LogP contribution is 2.29. The quantitative estimate of drug-likeness (QED) is 0.365. The minimum absolute atomic E-state index is 0.0816. The van der Waals surface area contributed by atoms with Crippen molar-refractivity contribution in [3.63, 3.8) is 0 Å². The van der Waals surface area contributed by atoms with E-state index in [0.29, 0.717) is 11.0 Å². The summed E-state index contributed by atoms with van der Waals surface area (Å²) in [5.74, 6) is 1.62. The van der Waals surface area contributed by atoms with Gasteiger partial charge >= 0.3 is 0 Å². The van der Waals surface area contributed by atoms with Gasteiger partial charge in [0.2, 0.25) is 5.91 Å². The fourth-order valence-electron chi connectivity index (χ4n) is 3.53. The molecule has 7 heteroatoms. The number of hydrogen-bond acceptors (Lipinski definition) is 5. The minimum Gasteiger partial charge on any atom is -0.497 e. The van der Waals surface area contributed by atoms with Gasteiger partial charge in [-0.2, -0.15) is 0 Å². The molecule has 0 spiro atoms. The first-order chi connectivity index (χ1) is 16.0. The number of anilines is 1. The van der Waals surface area contributed by atoms with Crippen molar-refractivity contribution in [3.8, 4) is 22.8 Å². The van der Waals surface area contributed by atoms with E-state index in [0.717, 1.165) is 33.8 Å². The summed E-state index contributed by atoms with van der Waals surface area (Å²) in [5, 5.41) is 12.6. The molecule has 6 nitrogen and oxygen atoms in total. The summed E-state index contributed by atoms with van der Waals surface area (Å²) in [5.41, 5.74) is 5.96. The van der Waals surface area contributed by atoms with Crippen LogP contribution in [0.5, 0.6) is 5.75 Å². The van der Waals surface area contributed by atoms with Crippen molar-refractivity contribution in [1.29, 1.82) is 0 Å². The number of rotatable bonds is 7. The maximum absolute atomic E-state index is 12.7. The molecule has 1 aromatic heterocycles. The molecule has 0 unspecified atom stereocenters. The van der Waals surface area contributed by atoms with Crippen LogP contribution in [0, 0.1) is 20.8 Å². The highest BCUT2D eigenvalue weighted by Gasteiger charge is 2.18. The zero-order valence-electron chi connectivity index (χ0n) is 19.1. The van der Waals surface area contributed by atoms with Crippen LogP contribution in [0.2, 0.25) is 0 Å². The standard InChI is InChI=1S/C26H26N4O2S/c1-17-8-12-21(13-9-17)30-25(20-10-14-22(32-4)15-11-20)28-29-26(30)33-16-23(31)27-24-18(2)6-5-7-19(24)3/h5-15H,16H2,1-4H3,(H,27,31). The molecule has 0 saturated carbocycles. The molecule has 0 fully saturated rings. The fraction of sp³-hybridized carbons (Fsp3) is 0.192. The van der Waals surface area contributed by atoms with Crippen molar-refractivity contribution in [2.24, 2.45) is 0 Å². The van der Waals surface area contributed by atoms with Crippen molar-refractivity contribution in [1.82, 2.24) is 14.8 Å². The van der Waals surface area contributed by atoms with Gasteiger partial charge in [0.1, 0.15) is 5.75 Å². The number of methoxy groups -OCH3 is 1. The number of carbonyl (C=O) groups is 1. The fourth-order valence-corrected chi connectivity index (χ4v) is 4.29. The SMILES string of the molecule is COc1ccc(-c2nnc(SCC(=O)Nc3c(C)cccc3C)n2-c2ccc(C)cc2)cc1. The lowest BCUT2D eigenvalue weighted by Crippen LogP contribution is -2.16. The number of amides is 1. The van der Waals surface area contributed by atoms with E-state index in [9.17, 15) is 4.79 Å². The number of hydrogen-bond donors (Lipinski definition) is 1. The number of aryl methyl sites for hydroxylation is 3. The first-order valence-corrected chi connectivity index (χ1v) is 11.6. The van der Waals surface area contributed by atoms with Gasteiger partial charge in [-0.05, 0) is 68.3 Å². The van der Waals surface area contributed by atoms with Crippen LogP contribution in [0.15, 0.2) is 71.9 Å². The molecular weight excluding hydrogens is 432 g/mol. The summed E-state index contributed by atoms with van der Waals surface area (Å²) in [6.07, 6.45) is 0. The van der Waals surface area contributed by atoms with Gasteiger partial charge in [-0.25, -0.2) is 0 Å². The minimum atomic E-state index is -0.0816. The van der Waals surface area contributed by atoms with E-state index in [2.05, 4.69) is 27.6 Å². The Balaban J connectivity index is 1.61. The summed E-state index contributed by atoms with van der Waals surface area (Å²) in [6, 6.07) is 21.8. The number of ether oxygens (including phenoxy) is 1. The Hall–Kier alpha value is -3.58. The molecule has 0 aliphatic rings. The molecule has 0 radical (unpaired) electrons. The van der Waals surface area contributed by atoms with Crippen molar-refractivity contribution in [3.05, 3.63) is 83.4 Å². The molecule has 0 atom stereocenters. The van der Waals surface area contributed by atoms with E-state index < -0.39 is 0 Å². The second-order valence-corrected chi connectivity index (χ2v) is 8.75. The van der Waals surface area contributed by atoms with Crippen LogP contribution in [0.1, 0.15) is 16.7 Å². The van der Waals surface area contributed by atoms with Gasteiger partial charge in [-0.15, -0.1) is 10.2 Å². The number of nitrogens with one attached hydrogen (secondary N) is 1. The van der Waals surface area contributed by atoms with Crippen molar-refractivity contribution in [2.75, 3.05) is 18.2 Å². The Labute approximate surface area is 198 Å². The normalized spacial score (nSPS) is 10.8. The third-order valence-corrected chi connectivity index (χ3v) is 6.28. The first-order valence-electron chi connectivity index (χ1n) is 10.6. The van der Waals surface area contributed by atoms with E-state index in [1.54, 1.807) is 7.11 Å². The van der Waals surface area contributed by atoms with Crippen LogP contribution < -0.4 is 10.1 Å². The van der Waals surface area contributed by atoms with Gasteiger partial charge in [0, 0.05) is 16.9 Å². The molecule has 1 N–H and O–H groups in total. The maximum Gasteiger partial charge on any atom is 0.234 e. The van der Waals surface area contributed by atoms with E-state index in [1.165, 1.54) is 17.3 Å². The van der Waals surface area contributed by atoms with Crippen LogP contribution in [0.4, 0.5) is 5.69 Å². The van der Waals surface area contributed by atoms with Gasteiger partial charge in [0.25, 0.3) is 0 Å². The van der Waals surface area contributed by atoms with E-state index in [4.69, 9.17) is 4.74 Å². The molecule has 0 saturated heterocycles. The molecule has 33 heavy (non-hydrogen) atoms. The third-order valence-electron chi connectivity index (χ3n) is 5.35. The molecule has 1 amide bonds. The second kappa shape index (κ2) is 9.92. The molecule has 0 aliphatic carbocycles. The average molecular weight is 459 g/mol. The molecule has 4 aromatic rings. The van der Waals surface area contributed by atoms with Crippen molar-refractivity contribution >= 4 is 23.4 Å². The Morgan fingerprint density at radius 1 is 0.939 bits per heavy atom. The van der Waals surface area contributed by atoms with Gasteiger partial charge in [0.15, 0.2) is 11.0 Å².